The van der Waals surface area contributed by atoms with Gasteiger partial charge in [-0.2, -0.15) is 0 Å². The number of hydrogen-bond donors (Lipinski definition) is 3. The number of aromatic hydroxyl groups is 2. The van der Waals surface area contributed by atoms with Gasteiger partial charge in [-0.25, -0.2) is 4.98 Å². The molecule has 5 nitrogen and oxygen atoms in total. The van der Waals surface area contributed by atoms with E-state index < -0.39 is 0 Å². The monoisotopic (exact) mass is 292 g/mol. The van der Waals surface area contributed by atoms with Crippen LogP contribution in [0.1, 0.15) is 18.9 Å². The van der Waals surface area contributed by atoms with E-state index in [1.54, 1.807) is 6.07 Å². The fourth-order valence-corrected chi connectivity index (χ4v) is 2.32. The van der Waals surface area contributed by atoms with Crippen LogP contribution in [0.3, 0.4) is 0 Å². The maximum atomic E-state index is 11.5. The summed E-state index contributed by atoms with van der Waals surface area (Å²) in [5.41, 5.74) is 1.43. The smallest absolute Gasteiger partial charge is 0.222 e. The van der Waals surface area contributed by atoms with Gasteiger partial charge in [0.05, 0.1) is 12.2 Å². The van der Waals surface area contributed by atoms with Crippen LogP contribution in [0.15, 0.2) is 23.6 Å². The SMILES string of the molecule is CC(C)C(=O)NCc1nc(-c2ccc(O)c(O)c2)cs1. The lowest BCUT2D eigenvalue weighted by Gasteiger charge is -2.05. The average Bonchev–Trinajstić information content (AvgIpc) is 2.87. The van der Waals surface area contributed by atoms with Gasteiger partial charge in [-0.3, -0.25) is 4.79 Å². The molecule has 3 N–H and O–H groups in total. The van der Waals surface area contributed by atoms with Crippen molar-refractivity contribution in [1.82, 2.24) is 10.3 Å². The van der Waals surface area contributed by atoms with Crippen LogP contribution in [0, 0.1) is 5.92 Å². The Morgan fingerprint density at radius 1 is 1.35 bits per heavy atom. The summed E-state index contributed by atoms with van der Waals surface area (Å²) in [5, 5.41) is 24.2. The van der Waals surface area contributed by atoms with Crippen LogP contribution < -0.4 is 5.32 Å². The number of rotatable bonds is 4. The third kappa shape index (κ3) is 3.27. The van der Waals surface area contributed by atoms with Gasteiger partial charge in [-0.05, 0) is 18.2 Å². The Morgan fingerprint density at radius 3 is 2.75 bits per heavy atom. The van der Waals surface area contributed by atoms with Gasteiger partial charge < -0.3 is 15.5 Å². The van der Waals surface area contributed by atoms with E-state index in [1.807, 2.05) is 19.2 Å². The maximum Gasteiger partial charge on any atom is 0.222 e. The third-order valence-corrected chi connectivity index (χ3v) is 3.61. The van der Waals surface area contributed by atoms with E-state index in [2.05, 4.69) is 10.3 Å². The van der Waals surface area contributed by atoms with Gasteiger partial charge >= 0.3 is 0 Å². The van der Waals surface area contributed by atoms with E-state index >= 15 is 0 Å². The molecule has 0 fully saturated rings. The molecular formula is C14H16N2O3S. The molecule has 1 aromatic heterocycles. The van der Waals surface area contributed by atoms with Gasteiger partial charge in [0.15, 0.2) is 11.5 Å². The minimum Gasteiger partial charge on any atom is -0.504 e. The molecule has 0 saturated heterocycles. The molecule has 6 heteroatoms. The normalized spacial score (nSPS) is 10.8. The number of phenolic OH excluding ortho intramolecular Hbond substituents is 2. The highest BCUT2D eigenvalue weighted by molar-refractivity contribution is 7.09. The molecule has 2 rings (SSSR count). The highest BCUT2D eigenvalue weighted by Gasteiger charge is 2.10. The van der Waals surface area contributed by atoms with E-state index in [4.69, 9.17) is 0 Å². The third-order valence-electron chi connectivity index (χ3n) is 2.76. The second-order valence-corrected chi connectivity index (χ2v) is 5.65. The summed E-state index contributed by atoms with van der Waals surface area (Å²) in [6, 6.07) is 4.56. The molecule has 2 aromatic rings. The lowest BCUT2D eigenvalue weighted by Crippen LogP contribution is -2.26. The van der Waals surface area contributed by atoms with Crippen LogP contribution in [-0.2, 0) is 11.3 Å². The van der Waals surface area contributed by atoms with Gasteiger partial charge in [0.25, 0.3) is 0 Å². The molecule has 0 radical (unpaired) electrons. The number of hydrogen-bond acceptors (Lipinski definition) is 5. The Labute approximate surface area is 120 Å². The summed E-state index contributed by atoms with van der Waals surface area (Å²) in [6.45, 7) is 4.06. The Bertz CT molecular complexity index is 623. The zero-order valence-corrected chi connectivity index (χ0v) is 12.1. The first-order chi connectivity index (χ1) is 9.47. The second kappa shape index (κ2) is 5.92. The molecule has 0 aliphatic carbocycles. The van der Waals surface area contributed by atoms with Gasteiger partial charge in [0.2, 0.25) is 5.91 Å². The van der Waals surface area contributed by atoms with Crippen molar-refractivity contribution in [1.29, 1.82) is 0 Å². The molecule has 1 amide bonds. The van der Waals surface area contributed by atoms with Crippen molar-refractivity contribution in [3.63, 3.8) is 0 Å². The van der Waals surface area contributed by atoms with E-state index in [-0.39, 0.29) is 23.3 Å². The van der Waals surface area contributed by atoms with E-state index in [0.717, 1.165) is 10.6 Å². The van der Waals surface area contributed by atoms with Crippen molar-refractivity contribution in [2.45, 2.75) is 20.4 Å². The van der Waals surface area contributed by atoms with Crippen molar-refractivity contribution < 1.29 is 15.0 Å². The van der Waals surface area contributed by atoms with Crippen LogP contribution in [-0.4, -0.2) is 21.1 Å². The summed E-state index contributed by atoms with van der Waals surface area (Å²) in [6.07, 6.45) is 0. The largest absolute Gasteiger partial charge is 0.504 e. The van der Waals surface area contributed by atoms with Gasteiger partial charge in [0, 0.05) is 16.9 Å². The van der Waals surface area contributed by atoms with Crippen LogP contribution in [0.4, 0.5) is 0 Å². The van der Waals surface area contributed by atoms with Gasteiger partial charge in [-0.1, -0.05) is 13.8 Å². The Kier molecular flexibility index (Phi) is 4.24. The standard InChI is InChI=1S/C14H16N2O3S/c1-8(2)14(19)15-6-13-16-10(7-20-13)9-3-4-11(17)12(18)5-9/h3-5,7-8,17-18H,6H2,1-2H3,(H,15,19). The van der Waals surface area contributed by atoms with Gasteiger partial charge in [0.1, 0.15) is 5.01 Å². The lowest BCUT2D eigenvalue weighted by atomic mass is 10.1. The summed E-state index contributed by atoms with van der Waals surface area (Å²) >= 11 is 1.44. The van der Waals surface area contributed by atoms with Crippen molar-refractivity contribution in [2.75, 3.05) is 0 Å². The highest BCUT2D eigenvalue weighted by atomic mass is 32.1. The number of nitrogens with one attached hydrogen (secondary N) is 1. The molecule has 0 saturated carbocycles. The van der Waals surface area contributed by atoms with Crippen molar-refractivity contribution in [3.8, 4) is 22.8 Å². The van der Waals surface area contributed by atoms with Crippen molar-refractivity contribution in [3.05, 3.63) is 28.6 Å². The molecule has 0 spiro atoms. The summed E-state index contributed by atoms with van der Waals surface area (Å²) in [7, 11) is 0. The molecule has 20 heavy (non-hydrogen) atoms. The van der Waals surface area contributed by atoms with E-state index in [9.17, 15) is 15.0 Å². The molecule has 0 aliphatic heterocycles. The highest BCUT2D eigenvalue weighted by Crippen LogP contribution is 2.30. The van der Waals surface area contributed by atoms with Crippen LogP contribution in [0.2, 0.25) is 0 Å². The average molecular weight is 292 g/mol. The van der Waals surface area contributed by atoms with E-state index in [0.29, 0.717) is 12.2 Å². The number of carbonyl (C=O) groups is 1. The van der Waals surface area contributed by atoms with Gasteiger partial charge in [-0.15, -0.1) is 11.3 Å². The van der Waals surface area contributed by atoms with Crippen LogP contribution in [0.25, 0.3) is 11.3 Å². The molecule has 106 valence electrons. The minimum absolute atomic E-state index is 0.0102. The first-order valence-corrected chi connectivity index (χ1v) is 7.10. The number of amides is 1. The Balaban J connectivity index is 2.08. The molecule has 1 aromatic carbocycles. The fourth-order valence-electron chi connectivity index (χ4n) is 1.57. The Morgan fingerprint density at radius 2 is 2.10 bits per heavy atom. The lowest BCUT2D eigenvalue weighted by molar-refractivity contribution is -0.124. The Hall–Kier alpha value is -2.08. The first kappa shape index (κ1) is 14.3. The second-order valence-electron chi connectivity index (χ2n) is 4.70. The maximum absolute atomic E-state index is 11.5. The van der Waals surface area contributed by atoms with Crippen molar-refractivity contribution in [2.24, 2.45) is 5.92 Å². The number of carbonyl (C=O) groups excluding carboxylic acids is 1. The van der Waals surface area contributed by atoms with E-state index in [1.165, 1.54) is 23.5 Å². The minimum atomic E-state index is -0.176. The zero-order chi connectivity index (χ0) is 14.7. The quantitative estimate of drug-likeness (QED) is 0.756. The first-order valence-electron chi connectivity index (χ1n) is 6.22. The summed E-state index contributed by atoms with van der Waals surface area (Å²) < 4.78 is 0. The van der Waals surface area contributed by atoms with Crippen LogP contribution >= 0.6 is 11.3 Å². The summed E-state index contributed by atoms with van der Waals surface area (Å²) in [5.74, 6) is -0.397. The number of phenols is 2. The van der Waals surface area contributed by atoms with Crippen LogP contribution in [0.5, 0.6) is 11.5 Å². The molecule has 0 unspecified atom stereocenters. The molecule has 0 aliphatic rings. The fraction of sp³-hybridized carbons (Fsp3) is 0.286. The molecule has 0 atom stereocenters. The predicted molar refractivity (Wildman–Crippen MR) is 77.6 cm³/mol. The number of nitrogens with zero attached hydrogens (tertiary/aromatic N) is 1. The zero-order valence-electron chi connectivity index (χ0n) is 11.3. The van der Waals surface area contributed by atoms with Crippen molar-refractivity contribution >= 4 is 17.2 Å². The predicted octanol–water partition coefficient (Wildman–Crippen LogP) is 2.49. The number of thiazole rings is 1. The molecular weight excluding hydrogens is 276 g/mol. The molecule has 0 bridgehead atoms. The summed E-state index contributed by atoms with van der Waals surface area (Å²) in [4.78, 5) is 15.9. The number of benzene rings is 1. The molecule has 1 heterocycles. The number of aromatic nitrogens is 1. The topological polar surface area (TPSA) is 82.5 Å².